The van der Waals surface area contributed by atoms with Gasteiger partial charge in [-0.3, -0.25) is 0 Å². The summed E-state index contributed by atoms with van der Waals surface area (Å²) in [4.78, 5) is 0. The first-order chi connectivity index (χ1) is 8.60. The molecule has 0 aliphatic heterocycles. The van der Waals surface area contributed by atoms with E-state index in [-0.39, 0.29) is 0 Å². The number of benzene rings is 2. The fraction of sp³-hybridized carbons (Fsp3) is 0.375. The van der Waals surface area contributed by atoms with Crippen molar-refractivity contribution in [2.45, 2.75) is 32.7 Å². The molecule has 2 aromatic rings. The molecular formula is C16H19NO. The molecule has 1 aliphatic carbocycles. The summed E-state index contributed by atoms with van der Waals surface area (Å²) in [7, 11) is 0. The van der Waals surface area contributed by atoms with Crippen LogP contribution in [0.15, 0.2) is 36.4 Å². The number of phenols is 1. The molecule has 0 bridgehead atoms. The van der Waals surface area contributed by atoms with Crippen LogP contribution in [0.2, 0.25) is 0 Å². The molecule has 1 atom stereocenters. The van der Waals surface area contributed by atoms with Gasteiger partial charge in [-0.2, -0.15) is 0 Å². The SMILES string of the molecule is CC(Nc1cccc2c(O)cccc12)C1(C)CC1. The van der Waals surface area contributed by atoms with Crippen LogP contribution in [0.3, 0.4) is 0 Å². The number of fused-ring (bicyclic) bond motifs is 1. The van der Waals surface area contributed by atoms with Crippen LogP contribution < -0.4 is 5.32 Å². The van der Waals surface area contributed by atoms with E-state index < -0.39 is 0 Å². The predicted octanol–water partition coefficient (Wildman–Crippen LogP) is 4.15. The van der Waals surface area contributed by atoms with Gasteiger partial charge in [-0.1, -0.05) is 31.2 Å². The number of aromatic hydroxyl groups is 1. The molecule has 1 aliphatic rings. The van der Waals surface area contributed by atoms with Gasteiger partial charge in [0.25, 0.3) is 0 Å². The normalized spacial score (nSPS) is 18.6. The summed E-state index contributed by atoms with van der Waals surface area (Å²) in [5.41, 5.74) is 1.56. The Morgan fingerprint density at radius 2 is 1.78 bits per heavy atom. The molecule has 3 rings (SSSR count). The van der Waals surface area contributed by atoms with Gasteiger partial charge in [0.2, 0.25) is 0 Å². The van der Waals surface area contributed by atoms with Crippen molar-refractivity contribution in [3.8, 4) is 5.75 Å². The molecule has 1 saturated carbocycles. The number of hydrogen-bond acceptors (Lipinski definition) is 2. The van der Waals surface area contributed by atoms with Crippen molar-refractivity contribution in [3.05, 3.63) is 36.4 Å². The molecule has 0 radical (unpaired) electrons. The van der Waals surface area contributed by atoms with Crippen LogP contribution in [0, 0.1) is 5.41 Å². The summed E-state index contributed by atoms with van der Waals surface area (Å²) < 4.78 is 0. The third-order valence-electron chi connectivity index (χ3n) is 4.36. The number of anilines is 1. The molecule has 2 aromatic carbocycles. The summed E-state index contributed by atoms with van der Waals surface area (Å²) in [6.07, 6.45) is 2.61. The maximum atomic E-state index is 9.87. The molecule has 2 nitrogen and oxygen atoms in total. The lowest BCUT2D eigenvalue weighted by Crippen LogP contribution is -2.24. The molecule has 0 saturated heterocycles. The van der Waals surface area contributed by atoms with Crippen LogP contribution in [0.4, 0.5) is 5.69 Å². The molecule has 18 heavy (non-hydrogen) atoms. The topological polar surface area (TPSA) is 32.3 Å². The van der Waals surface area contributed by atoms with Gasteiger partial charge in [0.15, 0.2) is 0 Å². The number of nitrogens with one attached hydrogen (secondary N) is 1. The maximum Gasteiger partial charge on any atom is 0.123 e. The number of rotatable bonds is 3. The Morgan fingerprint density at radius 3 is 2.50 bits per heavy atom. The van der Waals surface area contributed by atoms with E-state index >= 15 is 0 Å². The van der Waals surface area contributed by atoms with Crippen molar-refractivity contribution in [2.24, 2.45) is 5.41 Å². The van der Waals surface area contributed by atoms with Crippen molar-refractivity contribution >= 4 is 16.5 Å². The Hall–Kier alpha value is -1.70. The molecule has 0 heterocycles. The van der Waals surface area contributed by atoms with Gasteiger partial charge >= 0.3 is 0 Å². The Kier molecular flexibility index (Phi) is 2.47. The van der Waals surface area contributed by atoms with Crippen LogP contribution >= 0.6 is 0 Å². The van der Waals surface area contributed by atoms with Crippen LogP contribution in [0.5, 0.6) is 5.75 Å². The average Bonchev–Trinajstić information content (AvgIpc) is 3.10. The molecule has 0 amide bonds. The van der Waals surface area contributed by atoms with Crippen molar-refractivity contribution in [1.82, 2.24) is 0 Å². The van der Waals surface area contributed by atoms with Gasteiger partial charge in [0, 0.05) is 22.5 Å². The Balaban J connectivity index is 1.99. The van der Waals surface area contributed by atoms with Crippen molar-refractivity contribution in [1.29, 1.82) is 0 Å². The molecular weight excluding hydrogens is 222 g/mol. The van der Waals surface area contributed by atoms with Crippen molar-refractivity contribution in [2.75, 3.05) is 5.32 Å². The van der Waals surface area contributed by atoms with E-state index in [1.165, 1.54) is 12.8 Å². The third-order valence-corrected chi connectivity index (χ3v) is 4.36. The third kappa shape index (κ3) is 1.82. The van der Waals surface area contributed by atoms with Crippen molar-refractivity contribution < 1.29 is 5.11 Å². The van der Waals surface area contributed by atoms with E-state index in [9.17, 15) is 5.11 Å². The fourth-order valence-electron chi connectivity index (χ4n) is 2.46. The smallest absolute Gasteiger partial charge is 0.123 e. The zero-order valence-corrected chi connectivity index (χ0v) is 10.9. The Labute approximate surface area is 108 Å². The van der Waals surface area contributed by atoms with Crippen LogP contribution in [0.1, 0.15) is 26.7 Å². The molecule has 2 N–H and O–H groups in total. The summed E-state index contributed by atoms with van der Waals surface area (Å²) in [5.74, 6) is 0.349. The molecule has 0 spiro atoms. The summed E-state index contributed by atoms with van der Waals surface area (Å²) in [5, 5.41) is 15.5. The molecule has 94 valence electrons. The van der Waals surface area contributed by atoms with Gasteiger partial charge < -0.3 is 10.4 Å². The second-order valence-corrected chi connectivity index (χ2v) is 5.70. The second-order valence-electron chi connectivity index (χ2n) is 5.70. The highest BCUT2D eigenvalue weighted by atomic mass is 16.3. The lowest BCUT2D eigenvalue weighted by atomic mass is 9.99. The Morgan fingerprint density at radius 1 is 1.11 bits per heavy atom. The summed E-state index contributed by atoms with van der Waals surface area (Å²) in [6, 6.07) is 12.2. The van der Waals surface area contributed by atoms with Gasteiger partial charge in [0.05, 0.1) is 0 Å². The minimum Gasteiger partial charge on any atom is -0.507 e. The Bertz CT molecular complexity index is 587. The van der Waals surface area contributed by atoms with Gasteiger partial charge in [-0.15, -0.1) is 0 Å². The van der Waals surface area contributed by atoms with Gasteiger partial charge in [-0.25, -0.2) is 0 Å². The average molecular weight is 241 g/mol. The highest BCUT2D eigenvalue weighted by molar-refractivity contribution is 5.97. The van der Waals surface area contributed by atoms with Crippen molar-refractivity contribution in [3.63, 3.8) is 0 Å². The van der Waals surface area contributed by atoms with E-state index in [1.54, 1.807) is 6.07 Å². The first kappa shape index (κ1) is 11.4. The molecule has 1 fully saturated rings. The van der Waals surface area contributed by atoms with E-state index in [0.717, 1.165) is 16.5 Å². The van der Waals surface area contributed by atoms with E-state index in [2.05, 4.69) is 31.3 Å². The standard InChI is InChI=1S/C16H19NO/c1-11(16(2)9-10-16)17-14-7-3-6-13-12(14)5-4-8-15(13)18/h3-8,11,17-18H,9-10H2,1-2H3. The first-order valence-electron chi connectivity index (χ1n) is 6.57. The number of hydrogen-bond donors (Lipinski definition) is 2. The highest BCUT2D eigenvalue weighted by Gasteiger charge is 2.42. The van der Waals surface area contributed by atoms with Crippen LogP contribution in [-0.2, 0) is 0 Å². The predicted molar refractivity (Wildman–Crippen MR) is 76.0 cm³/mol. The van der Waals surface area contributed by atoms with Gasteiger partial charge in [-0.05, 0) is 37.3 Å². The fourth-order valence-corrected chi connectivity index (χ4v) is 2.46. The molecule has 1 unspecified atom stereocenters. The summed E-state index contributed by atoms with van der Waals surface area (Å²) in [6.45, 7) is 4.57. The highest BCUT2D eigenvalue weighted by Crippen LogP contribution is 2.49. The molecule has 0 aromatic heterocycles. The molecule has 2 heteroatoms. The zero-order valence-electron chi connectivity index (χ0n) is 10.9. The lowest BCUT2D eigenvalue weighted by molar-refractivity contribution is 0.481. The maximum absolute atomic E-state index is 9.87. The number of phenolic OH excluding ortho intramolecular Hbond substituents is 1. The van der Waals surface area contributed by atoms with E-state index in [1.807, 2.05) is 18.2 Å². The van der Waals surface area contributed by atoms with Crippen LogP contribution in [-0.4, -0.2) is 11.1 Å². The second kappa shape index (κ2) is 3.91. The van der Waals surface area contributed by atoms with E-state index in [0.29, 0.717) is 17.2 Å². The minimum absolute atomic E-state index is 0.349. The lowest BCUT2D eigenvalue weighted by Gasteiger charge is -2.22. The monoisotopic (exact) mass is 241 g/mol. The van der Waals surface area contributed by atoms with Gasteiger partial charge in [0.1, 0.15) is 5.75 Å². The largest absolute Gasteiger partial charge is 0.507 e. The van der Waals surface area contributed by atoms with E-state index in [4.69, 9.17) is 0 Å². The minimum atomic E-state index is 0.349. The first-order valence-corrected chi connectivity index (χ1v) is 6.57. The summed E-state index contributed by atoms with van der Waals surface area (Å²) >= 11 is 0. The quantitative estimate of drug-likeness (QED) is 0.846. The zero-order chi connectivity index (χ0) is 12.8. The van der Waals surface area contributed by atoms with Crippen LogP contribution in [0.25, 0.3) is 10.8 Å².